The van der Waals surface area contributed by atoms with Crippen LogP contribution < -0.4 is 4.74 Å². The summed E-state index contributed by atoms with van der Waals surface area (Å²) in [4.78, 5) is 4.50. The Morgan fingerprint density at radius 3 is 1.87 bits per heavy atom. The number of nitrogens with zero attached hydrogens (tertiary/aromatic N) is 1. The fourth-order valence-corrected chi connectivity index (χ4v) is 9.21. The summed E-state index contributed by atoms with van der Waals surface area (Å²) >= 11 is 0. The van der Waals surface area contributed by atoms with Gasteiger partial charge in [0.05, 0.1) is 33.0 Å². The smallest absolute Gasteiger partial charge is 0.346 e. The molecular formula is C27H43NO8P2. The van der Waals surface area contributed by atoms with Crippen molar-refractivity contribution in [3.63, 3.8) is 0 Å². The molecule has 0 radical (unpaired) electrons. The summed E-state index contributed by atoms with van der Waals surface area (Å²) < 4.78 is 61.1. The molecule has 38 heavy (non-hydrogen) atoms. The first kappa shape index (κ1) is 32.6. The second-order valence-corrected chi connectivity index (χ2v) is 13.3. The lowest BCUT2D eigenvalue weighted by atomic mass is 10.2. The van der Waals surface area contributed by atoms with E-state index in [1.54, 1.807) is 27.7 Å². The van der Waals surface area contributed by atoms with Crippen molar-refractivity contribution in [2.45, 2.75) is 59.3 Å². The monoisotopic (exact) mass is 571 g/mol. The summed E-state index contributed by atoms with van der Waals surface area (Å²) in [5.41, 5.74) is 2.88. The van der Waals surface area contributed by atoms with Crippen molar-refractivity contribution in [3.05, 3.63) is 59.4 Å². The first-order valence-electron chi connectivity index (χ1n) is 13.3. The minimum absolute atomic E-state index is 0.133. The highest BCUT2D eigenvalue weighted by atomic mass is 31.2. The number of hydrogen-bond acceptors (Lipinski definition) is 9. The molecule has 0 spiro atoms. The Labute approximate surface area is 227 Å². The fourth-order valence-electron chi connectivity index (χ4n) is 3.88. The molecule has 0 amide bonds. The fraction of sp³-hybridized carbons (Fsp3) is 0.593. The molecule has 2 aromatic rings. The third-order valence-electron chi connectivity index (χ3n) is 5.47. The lowest BCUT2D eigenvalue weighted by molar-refractivity contribution is 0.0984. The Kier molecular flexibility index (Phi) is 14.8. The molecule has 0 N–H and O–H groups in total. The summed E-state index contributed by atoms with van der Waals surface area (Å²) in [7, 11) is -7.61. The topological polar surface area (TPSA) is 102 Å². The molecule has 0 bridgehead atoms. The second-order valence-electron chi connectivity index (χ2n) is 8.41. The minimum atomic E-state index is -3.81. The first-order valence-corrected chi connectivity index (χ1v) is 16.5. The van der Waals surface area contributed by atoms with Gasteiger partial charge in [0.1, 0.15) is 12.4 Å². The van der Waals surface area contributed by atoms with Crippen LogP contribution in [0.4, 0.5) is 0 Å². The molecule has 1 heterocycles. The highest BCUT2D eigenvalue weighted by molar-refractivity contribution is 7.72. The number of ether oxygens (including phenoxy) is 2. The summed E-state index contributed by atoms with van der Waals surface area (Å²) in [5.74, 6) is 0.674. The maximum absolute atomic E-state index is 13.7. The summed E-state index contributed by atoms with van der Waals surface area (Å²) in [6.07, 6.45) is 1.91. The van der Waals surface area contributed by atoms with Gasteiger partial charge in [-0.1, -0.05) is 18.2 Å². The quantitative estimate of drug-likeness (QED) is 0.125. The first-order chi connectivity index (χ1) is 18.3. The third kappa shape index (κ3) is 10.5. The standard InChI is InChI=1S/C27H43NO8P2/c1-6-33-37(29,34-7-2)27(38(30,35-8-3)36-9-4)22-24-15-17-26(18-16-24)32-21-20-31-19-11-14-25-13-10-12-23(5)28-25/h10,12-13,15-18,27H,6-9,11,14,19-22H2,1-5H3. The zero-order chi connectivity index (χ0) is 27.9. The summed E-state index contributed by atoms with van der Waals surface area (Å²) in [6.45, 7) is 10.9. The number of benzene rings is 1. The van der Waals surface area contributed by atoms with Crippen LogP contribution in [0.25, 0.3) is 0 Å². The van der Waals surface area contributed by atoms with Crippen LogP contribution in [0.2, 0.25) is 0 Å². The average molecular weight is 572 g/mol. The van der Waals surface area contributed by atoms with Crippen LogP contribution in [-0.2, 0) is 44.8 Å². The molecule has 11 heteroatoms. The zero-order valence-electron chi connectivity index (χ0n) is 23.3. The van der Waals surface area contributed by atoms with E-state index in [4.69, 9.17) is 27.6 Å². The second kappa shape index (κ2) is 17.2. The van der Waals surface area contributed by atoms with Crippen LogP contribution in [0.5, 0.6) is 5.75 Å². The Hall–Kier alpha value is -1.57. The Morgan fingerprint density at radius 2 is 1.34 bits per heavy atom. The SMILES string of the molecule is CCOP(=O)(OCC)C(Cc1ccc(OCCOCCCc2cccc(C)n2)cc1)P(=O)(OCC)OCC. The molecule has 0 saturated heterocycles. The van der Waals surface area contributed by atoms with Gasteiger partial charge in [-0.25, -0.2) is 0 Å². The molecule has 0 atom stereocenters. The van der Waals surface area contributed by atoms with Gasteiger partial charge in [-0.15, -0.1) is 0 Å². The van der Waals surface area contributed by atoms with Crippen molar-refractivity contribution in [2.75, 3.05) is 46.2 Å². The van der Waals surface area contributed by atoms with Gasteiger partial charge in [0.25, 0.3) is 0 Å². The molecular weight excluding hydrogens is 528 g/mol. The lowest BCUT2D eigenvalue weighted by Crippen LogP contribution is -2.20. The molecule has 0 unspecified atom stereocenters. The van der Waals surface area contributed by atoms with Gasteiger partial charge in [-0.05, 0) is 83.7 Å². The molecule has 214 valence electrons. The lowest BCUT2D eigenvalue weighted by Gasteiger charge is -2.31. The molecule has 1 aromatic carbocycles. The van der Waals surface area contributed by atoms with E-state index in [1.165, 1.54) is 0 Å². The van der Waals surface area contributed by atoms with Gasteiger partial charge >= 0.3 is 15.2 Å². The van der Waals surface area contributed by atoms with Crippen LogP contribution in [-0.4, -0.2) is 56.6 Å². The van der Waals surface area contributed by atoms with E-state index in [-0.39, 0.29) is 32.8 Å². The van der Waals surface area contributed by atoms with Gasteiger partial charge in [0.2, 0.25) is 0 Å². The van der Waals surface area contributed by atoms with E-state index < -0.39 is 20.6 Å². The van der Waals surface area contributed by atoms with Gasteiger partial charge in [-0.3, -0.25) is 14.1 Å². The van der Waals surface area contributed by atoms with Crippen molar-refractivity contribution in [3.8, 4) is 5.75 Å². The zero-order valence-corrected chi connectivity index (χ0v) is 25.1. The molecule has 0 saturated carbocycles. The number of rotatable bonds is 20. The minimum Gasteiger partial charge on any atom is -0.491 e. The van der Waals surface area contributed by atoms with Crippen molar-refractivity contribution in [2.24, 2.45) is 0 Å². The number of pyridine rings is 1. The highest BCUT2D eigenvalue weighted by Crippen LogP contribution is 2.71. The van der Waals surface area contributed by atoms with E-state index >= 15 is 0 Å². The van der Waals surface area contributed by atoms with E-state index in [9.17, 15) is 9.13 Å². The van der Waals surface area contributed by atoms with Crippen LogP contribution in [0.15, 0.2) is 42.5 Å². The molecule has 0 fully saturated rings. The predicted molar refractivity (Wildman–Crippen MR) is 149 cm³/mol. The van der Waals surface area contributed by atoms with Crippen molar-refractivity contribution in [1.29, 1.82) is 0 Å². The highest BCUT2D eigenvalue weighted by Gasteiger charge is 2.50. The van der Waals surface area contributed by atoms with E-state index in [2.05, 4.69) is 4.98 Å². The van der Waals surface area contributed by atoms with Gasteiger partial charge < -0.3 is 27.6 Å². The predicted octanol–water partition coefficient (Wildman–Crippen LogP) is 6.82. The van der Waals surface area contributed by atoms with E-state index in [0.717, 1.165) is 29.8 Å². The van der Waals surface area contributed by atoms with Crippen molar-refractivity contribution >= 4 is 15.2 Å². The number of hydrogen-bond donors (Lipinski definition) is 0. The maximum atomic E-state index is 13.7. The molecule has 1 aromatic heterocycles. The third-order valence-corrected chi connectivity index (χ3v) is 11.5. The molecule has 0 aliphatic carbocycles. The van der Waals surface area contributed by atoms with Crippen LogP contribution in [0.3, 0.4) is 0 Å². The van der Waals surface area contributed by atoms with Crippen LogP contribution in [0.1, 0.15) is 51.1 Å². The summed E-state index contributed by atoms with van der Waals surface area (Å²) in [6, 6.07) is 13.3. The van der Waals surface area contributed by atoms with E-state index in [0.29, 0.717) is 25.6 Å². The molecule has 2 rings (SSSR count). The Morgan fingerprint density at radius 1 is 0.763 bits per heavy atom. The van der Waals surface area contributed by atoms with Gasteiger partial charge in [0, 0.05) is 18.0 Å². The molecule has 0 aliphatic heterocycles. The maximum Gasteiger partial charge on any atom is 0.346 e. The van der Waals surface area contributed by atoms with Gasteiger partial charge in [-0.2, -0.15) is 0 Å². The normalized spacial score (nSPS) is 12.3. The van der Waals surface area contributed by atoms with Crippen LogP contribution >= 0.6 is 15.2 Å². The number of aryl methyl sites for hydroxylation is 2. The van der Waals surface area contributed by atoms with E-state index in [1.807, 2.05) is 49.4 Å². The Bertz CT molecular complexity index is 984. The van der Waals surface area contributed by atoms with Crippen molar-refractivity contribution in [1.82, 2.24) is 4.98 Å². The summed E-state index contributed by atoms with van der Waals surface area (Å²) in [5, 5.41) is -1.09. The number of aromatic nitrogens is 1. The average Bonchev–Trinajstić information content (AvgIpc) is 2.88. The largest absolute Gasteiger partial charge is 0.491 e. The molecule has 9 nitrogen and oxygen atoms in total. The molecule has 0 aliphatic rings. The Balaban J connectivity index is 1.93. The van der Waals surface area contributed by atoms with Crippen molar-refractivity contribution < 1.29 is 36.7 Å². The van der Waals surface area contributed by atoms with Gasteiger partial charge in [0.15, 0.2) is 5.40 Å². The van der Waals surface area contributed by atoms with Crippen LogP contribution in [0, 0.1) is 6.92 Å².